The van der Waals surface area contributed by atoms with Gasteiger partial charge >= 0.3 is 23.9 Å². The number of nitrogens with one attached hydrogen (secondary N) is 2. The number of hydrogen-bond donors (Lipinski definition) is 5. The van der Waals surface area contributed by atoms with Crippen molar-refractivity contribution in [2.45, 2.75) is 154 Å². The number of carboxylic acids is 3. The highest BCUT2D eigenvalue weighted by Gasteiger charge is 2.33. The molecule has 222 valence electrons. The van der Waals surface area contributed by atoms with E-state index >= 15 is 0 Å². The molecule has 0 saturated heterocycles. The van der Waals surface area contributed by atoms with Crippen LogP contribution in [0.4, 0.5) is 4.79 Å². The van der Waals surface area contributed by atoms with Crippen molar-refractivity contribution < 1.29 is 34.5 Å². The third-order valence-electron chi connectivity index (χ3n) is 7.15. The molecule has 0 radical (unpaired) electrons. The molecule has 9 nitrogen and oxygen atoms in total. The molecular formula is C29H54N2O7. The van der Waals surface area contributed by atoms with E-state index in [-0.39, 0.29) is 38.5 Å². The van der Waals surface area contributed by atoms with Gasteiger partial charge in [-0.05, 0) is 25.7 Å². The van der Waals surface area contributed by atoms with Crippen LogP contribution < -0.4 is 10.6 Å². The van der Waals surface area contributed by atoms with Crippen molar-refractivity contribution in [3.8, 4) is 0 Å². The van der Waals surface area contributed by atoms with Crippen LogP contribution in [0.3, 0.4) is 0 Å². The van der Waals surface area contributed by atoms with Gasteiger partial charge in [0, 0.05) is 31.3 Å². The molecule has 0 atom stereocenters. The first kappa shape index (κ1) is 35.7. The molecule has 0 aliphatic rings. The van der Waals surface area contributed by atoms with Gasteiger partial charge in [0.25, 0.3) is 0 Å². The zero-order valence-electron chi connectivity index (χ0n) is 23.7. The number of carbonyl (C=O) groups excluding carboxylic acids is 1. The largest absolute Gasteiger partial charge is 0.481 e. The van der Waals surface area contributed by atoms with Crippen molar-refractivity contribution in [2.75, 3.05) is 6.54 Å². The predicted octanol–water partition coefficient (Wildman–Crippen LogP) is 6.88. The Morgan fingerprint density at radius 3 is 1.16 bits per heavy atom. The van der Waals surface area contributed by atoms with Crippen LogP contribution in [0.2, 0.25) is 0 Å². The number of unbranched alkanes of at least 4 members (excludes halogenated alkanes) is 15. The van der Waals surface area contributed by atoms with E-state index in [4.69, 9.17) is 15.3 Å². The monoisotopic (exact) mass is 542 g/mol. The first-order valence-electron chi connectivity index (χ1n) is 14.9. The second-order valence-electron chi connectivity index (χ2n) is 10.6. The number of hydrogen-bond acceptors (Lipinski definition) is 4. The summed E-state index contributed by atoms with van der Waals surface area (Å²) in [7, 11) is 0. The molecule has 2 amide bonds. The molecule has 0 rings (SSSR count). The first-order valence-corrected chi connectivity index (χ1v) is 14.9. The molecule has 0 aliphatic heterocycles. The van der Waals surface area contributed by atoms with Gasteiger partial charge in [-0.3, -0.25) is 14.4 Å². The number of amides is 2. The third-order valence-corrected chi connectivity index (χ3v) is 7.15. The zero-order valence-corrected chi connectivity index (χ0v) is 23.7. The summed E-state index contributed by atoms with van der Waals surface area (Å²) in [6, 6.07) is -0.521. The quantitative estimate of drug-likeness (QED) is 0.0709. The van der Waals surface area contributed by atoms with Crippen LogP contribution >= 0.6 is 0 Å². The number of aliphatic carboxylic acids is 3. The van der Waals surface area contributed by atoms with Crippen LogP contribution in [0.25, 0.3) is 0 Å². The summed E-state index contributed by atoms with van der Waals surface area (Å²) in [5.74, 6) is -3.26. The maximum Gasteiger partial charge on any atom is 0.315 e. The Labute approximate surface area is 229 Å². The highest BCUT2D eigenvalue weighted by atomic mass is 16.4. The van der Waals surface area contributed by atoms with Crippen LogP contribution in [0.15, 0.2) is 0 Å². The second kappa shape index (κ2) is 23.8. The van der Waals surface area contributed by atoms with Gasteiger partial charge in [0.2, 0.25) is 0 Å². The smallest absolute Gasteiger partial charge is 0.315 e. The summed E-state index contributed by atoms with van der Waals surface area (Å²) >= 11 is 0. The molecule has 38 heavy (non-hydrogen) atoms. The van der Waals surface area contributed by atoms with Crippen molar-refractivity contribution in [1.29, 1.82) is 0 Å². The van der Waals surface area contributed by atoms with Crippen molar-refractivity contribution in [3.05, 3.63) is 0 Å². The fraction of sp³-hybridized carbons (Fsp3) is 0.862. The van der Waals surface area contributed by atoms with E-state index in [2.05, 4.69) is 17.6 Å². The molecular weight excluding hydrogens is 488 g/mol. The molecule has 0 unspecified atom stereocenters. The Hall–Kier alpha value is -2.32. The Balaban J connectivity index is 4.06. The molecule has 0 aromatic carbocycles. The zero-order chi connectivity index (χ0) is 28.5. The first-order chi connectivity index (χ1) is 18.2. The van der Waals surface area contributed by atoms with Gasteiger partial charge in [-0.1, -0.05) is 103 Å². The standard InChI is InChI=1S/C29H54N2O7/c1-2-3-4-5-6-7-8-9-10-11-12-13-14-15-16-17-24-30-28(38)31-29(21-18-25(32)33,22-19-26(34)35)23-20-27(36)37/h2-24H2,1H3,(H,32,33)(H,34,35)(H,36,37)(H2,30,31,38). The lowest BCUT2D eigenvalue weighted by Gasteiger charge is -2.34. The van der Waals surface area contributed by atoms with E-state index in [1.807, 2.05) is 0 Å². The van der Waals surface area contributed by atoms with Gasteiger partial charge in [0.05, 0.1) is 0 Å². The lowest BCUT2D eigenvalue weighted by atomic mass is 9.83. The van der Waals surface area contributed by atoms with Gasteiger partial charge in [0.1, 0.15) is 0 Å². The summed E-state index contributed by atoms with van der Waals surface area (Å²) in [5.41, 5.74) is -1.20. The van der Waals surface area contributed by atoms with Gasteiger partial charge in [-0.15, -0.1) is 0 Å². The Morgan fingerprint density at radius 1 is 0.526 bits per heavy atom. The average molecular weight is 543 g/mol. The lowest BCUT2D eigenvalue weighted by molar-refractivity contribution is -0.137. The highest BCUT2D eigenvalue weighted by Crippen LogP contribution is 2.26. The van der Waals surface area contributed by atoms with Gasteiger partial charge in [-0.25, -0.2) is 4.79 Å². The predicted molar refractivity (Wildman–Crippen MR) is 149 cm³/mol. The second-order valence-corrected chi connectivity index (χ2v) is 10.6. The van der Waals surface area contributed by atoms with Gasteiger partial charge < -0.3 is 26.0 Å². The molecule has 5 N–H and O–H groups in total. The van der Waals surface area contributed by atoms with E-state index in [1.54, 1.807) is 0 Å². The van der Waals surface area contributed by atoms with Crippen LogP contribution in [0.5, 0.6) is 0 Å². The molecule has 0 bridgehead atoms. The Morgan fingerprint density at radius 2 is 0.842 bits per heavy atom. The van der Waals surface area contributed by atoms with Crippen molar-refractivity contribution in [1.82, 2.24) is 10.6 Å². The Kier molecular flexibility index (Phi) is 22.3. The summed E-state index contributed by atoms with van der Waals surface area (Å²) in [6.45, 7) is 2.71. The SMILES string of the molecule is CCCCCCCCCCCCCCCCCCNC(=O)NC(CCC(=O)O)(CCC(=O)O)CCC(=O)O. The number of carbonyl (C=O) groups is 4. The molecule has 0 saturated carbocycles. The summed E-state index contributed by atoms with van der Waals surface area (Å²) in [5, 5.41) is 32.7. The lowest BCUT2D eigenvalue weighted by Crippen LogP contribution is -2.53. The normalized spacial score (nSPS) is 11.3. The van der Waals surface area contributed by atoms with Crippen molar-refractivity contribution in [3.63, 3.8) is 0 Å². The molecule has 0 aliphatic carbocycles. The van der Waals surface area contributed by atoms with E-state index < -0.39 is 29.5 Å². The summed E-state index contributed by atoms with van der Waals surface area (Å²) < 4.78 is 0. The van der Waals surface area contributed by atoms with Crippen LogP contribution in [0, 0.1) is 0 Å². The fourth-order valence-corrected chi connectivity index (χ4v) is 4.76. The fourth-order valence-electron chi connectivity index (χ4n) is 4.76. The minimum Gasteiger partial charge on any atom is -0.481 e. The third kappa shape index (κ3) is 22.8. The maximum absolute atomic E-state index is 12.5. The highest BCUT2D eigenvalue weighted by molar-refractivity contribution is 5.75. The van der Waals surface area contributed by atoms with E-state index in [9.17, 15) is 19.2 Å². The Bertz CT molecular complexity index is 609. The minimum absolute atomic E-state index is 0.0324. The van der Waals surface area contributed by atoms with E-state index in [0.717, 1.165) is 19.3 Å². The van der Waals surface area contributed by atoms with Crippen molar-refractivity contribution in [2.24, 2.45) is 0 Å². The van der Waals surface area contributed by atoms with E-state index in [0.29, 0.717) is 6.54 Å². The van der Waals surface area contributed by atoms with Gasteiger partial charge in [0.15, 0.2) is 0 Å². The maximum atomic E-state index is 12.5. The molecule has 0 fully saturated rings. The van der Waals surface area contributed by atoms with E-state index in [1.165, 1.54) is 83.5 Å². The number of carboxylic acid groups (broad SMARTS) is 3. The topological polar surface area (TPSA) is 153 Å². The van der Waals surface area contributed by atoms with Crippen LogP contribution in [-0.2, 0) is 14.4 Å². The summed E-state index contributed by atoms with van der Waals surface area (Å²) in [4.78, 5) is 45.8. The summed E-state index contributed by atoms with van der Waals surface area (Å²) in [6.07, 6.45) is 19.2. The van der Waals surface area contributed by atoms with Crippen LogP contribution in [0.1, 0.15) is 148 Å². The number of urea groups is 1. The average Bonchev–Trinajstić information content (AvgIpc) is 2.86. The molecule has 9 heteroatoms. The minimum atomic E-state index is -1.20. The van der Waals surface area contributed by atoms with Crippen LogP contribution in [-0.4, -0.2) is 51.3 Å². The number of rotatable bonds is 27. The molecule has 0 heterocycles. The van der Waals surface area contributed by atoms with Crippen molar-refractivity contribution >= 4 is 23.9 Å². The molecule has 0 aromatic rings. The molecule has 0 aromatic heterocycles. The molecule has 0 spiro atoms. The van der Waals surface area contributed by atoms with Gasteiger partial charge in [-0.2, -0.15) is 0 Å².